The number of piperazine rings is 1. The zero-order chi connectivity index (χ0) is 27.4. The Labute approximate surface area is 230 Å². The number of carbonyl (C=O) groups is 1. The number of urea groups is 1. The van der Waals surface area contributed by atoms with Crippen molar-refractivity contribution >= 4 is 32.9 Å². The molecule has 1 saturated heterocycles. The molecular weight excluding hydrogens is 508 g/mol. The van der Waals surface area contributed by atoms with Gasteiger partial charge >= 0.3 is 6.03 Å². The van der Waals surface area contributed by atoms with Crippen LogP contribution in [-0.4, -0.2) is 51.8 Å². The minimum absolute atomic E-state index is 0.119. The Bertz CT molecular complexity index is 1480. The SMILES string of the molecule is CS(=O)(=O)c1ccc(N2CCN(C(c3ccccc3)c3ccccc3)CC2)c(N(C(N)=O)c2ccccc2)c1. The molecule has 0 unspecified atom stereocenters. The fourth-order valence-corrected chi connectivity index (χ4v) is 5.89. The highest BCUT2D eigenvalue weighted by Crippen LogP contribution is 2.38. The highest BCUT2D eigenvalue weighted by molar-refractivity contribution is 7.90. The van der Waals surface area contributed by atoms with Gasteiger partial charge in [0.05, 0.1) is 28.0 Å². The lowest BCUT2D eigenvalue weighted by Gasteiger charge is -2.41. The molecule has 5 rings (SSSR count). The van der Waals surface area contributed by atoms with Gasteiger partial charge in [0.2, 0.25) is 0 Å². The minimum Gasteiger partial charge on any atom is -0.367 e. The number of carbonyl (C=O) groups excluding carboxylic acids is 1. The Morgan fingerprint density at radius 2 is 1.28 bits per heavy atom. The van der Waals surface area contributed by atoms with Crippen molar-refractivity contribution in [1.29, 1.82) is 0 Å². The van der Waals surface area contributed by atoms with Crippen molar-refractivity contribution in [1.82, 2.24) is 4.90 Å². The summed E-state index contributed by atoms with van der Waals surface area (Å²) < 4.78 is 24.9. The summed E-state index contributed by atoms with van der Waals surface area (Å²) in [5.41, 5.74) is 10.1. The van der Waals surface area contributed by atoms with Crippen LogP contribution in [0.2, 0.25) is 0 Å². The fraction of sp³-hybridized carbons (Fsp3) is 0.194. The van der Waals surface area contributed by atoms with E-state index in [1.165, 1.54) is 16.0 Å². The molecular formula is C31H32N4O3S. The Balaban J connectivity index is 1.48. The van der Waals surface area contributed by atoms with Crippen molar-refractivity contribution < 1.29 is 13.2 Å². The number of anilines is 3. The first-order chi connectivity index (χ1) is 18.8. The molecule has 2 amide bonds. The van der Waals surface area contributed by atoms with Gasteiger partial charge in [-0.25, -0.2) is 13.2 Å². The number of nitrogens with zero attached hydrogens (tertiary/aromatic N) is 3. The molecule has 0 radical (unpaired) electrons. The smallest absolute Gasteiger partial charge is 0.323 e. The van der Waals surface area contributed by atoms with E-state index in [1.807, 2.05) is 30.3 Å². The minimum atomic E-state index is -3.50. The second-order valence-electron chi connectivity index (χ2n) is 9.68. The monoisotopic (exact) mass is 540 g/mol. The number of hydrogen-bond acceptors (Lipinski definition) is 5. The summed E-state index contributed by atoms with van der Waals surface area (Å²) >= 11 is 0. The van der Waals surface area contributed by atoms with Crippen LogP contribution in [0, 0.1) is 0 Å². The van der Waals surface area contributed by atoms with Crippen LogP contribution in [0.3, 0.4) is 0 Å². The molecule has 1 heterocycles. The Kier molecular flexibility index (Phi) is 7.67. The van der Waals surface area contributed by atoms with Gasteiger partial charge in [0.15, 0.2) is 9.84 Å². The van der Waals surface area contributed by atoms with Gasteiger partial charge in [-0.2, -0.15) is 0 Å². The topological polar surface area (TPSA) is 87.0 Å². The lowest BCUT2D eigenvalue weighted by atomic mass is 9.96. The highest BCUT2D eigenvalue weighted by atomic mass is 32.2. The van der Waals surface area contributed by atoms with Crippen LogP contribution in [0.4, 0.5) is 21.9 Å². The molecule has 4 aromatic carbocycles. The second kappa shape index (κ2) is 11.3. The highest BCUT2D eigenvalue weighted by Gasteiger charge is 2.29. The zero-order valence-corrected chi connectivity index (χ0v) is 22.7. The number of primary amides is 1. The van der Waals surface area contributed by atoms with Crippen LogP contribution >= 0.6 is 0 Å². The third-order valence-corrected chi connectivity index (χ3v) is 8.21. The zero-order valence-electron chi connectivity index (χ0n) is 21.9. The maximum Gasteiger partial charge on any atom is 0.323 e. The molecule has 39 heavy (non-hydrogen) atoms. The Morgan fingerprint density at radius 3 is 1.77 bits per heavy atom. The summed E-state index contributed by atoms with van der Waals surface area (Å²) in [6.45, 7) is 2.96. The normalized spacial score (nSPS) is 14.4. The first-order valence-electron chi connectivity index (χ1n) is 12.9. The molecule has 200 valence electrons. The second-order valence-corrected chi connectivity index (χ2v) is 11.7. The van der Waals surface area contributed by atoms with E-state index >= 15 is 0 Å². The van der Waals surface area contributed by atoms with E-state index in [-0.39, 0.29) is 10.9 Å². The number of hydrogen-bond donors (Lipinski definition) is 1. The summed E-state index contributed by atoms with van der Waals surface area (Å²) in [4.78, 5) is 18.9. The van der Waals surface area contributed by atoms with Crippen molar-refractivity contribution in [2.24, 2.45) is 5.73 Å². The number of para-hydroxylation sites is 1. The van der Waals surface area contributed by atoms with Crippen molar-refractivity contribution in [2.75, 3.05) is 42.2 Å². The van der Waals surface area contributed by atoms with Crippen molar-refractivity contribution in [2.45, 2.75) is 10.9 Å². The van der Waals surface area contributed by atoms with Gasteiger partial charge in [0.25, 0.3) is 0 Å². The van der Waals surface area contributed by atoms with E-state index in [0.29, 0.717) is 24.5 Å². The van der Waals surface area contributed by atoms with Gasteiger partial charge in [0, 0.05) is 32.4 Å². The first kappa shape index (κ1) is 26.5. The van der Waals surface area contributed by atoms with Crippen LogP contribution in [0.25, 0.3) is 0 Å². The number of benzene rings is 4. The Hall–Kier alpha value is -4.14. The van der Waals surface area contributed by atoms with Crippen LogP contribution in [0.15, 0.2) is 114 Å². The first-order valence-corrected chi connectivity index (χ1v) is 14.8. The molecule has 0 aromatic heterocycles. The van der Waals surface area contributed by atoms with E-state index in [9.17, 15) is 13.2 Å². The summed E-state index contributed by atoms with van der Waals surface area (Å²) in [6.07, 6.45) is 1.16. The standard InChI is InChI=1S/C31H32N4O3S/c1-39(37,38)27-17-18-28(29(23-27)35(31(32)36)26-15-9-4-10-16-26)33-19-21-34(22-20-33)30(24-11-5-2-6-12-24)25-13-7-3-8-14-25/h2-18,23,30H,19-22H2,1H3,(H2,32,36). The molecule has 0 saturated carbocycles. The molecule has 7 nitrogen and oxygen atoms in total. The summed E-state index contributed by atoms with van der Waals surface area (Å²) in [6, 6.07) is 34.4. The van der Waals surface area contributed by atoms with E-state index in [4.69, 9.17) is 5.73 Å². The summed E-state index contributed by atoms with van der Waals surface area (Å²) in [7, 11) is -3.50. The van der Waals surface area contributed by atoms with Crippen LogP contribution in [0.5, 0.6) is 0 Å². The van der Waals surface area contributed by atoms with Gasteiger partial charge in [-0.05, 0) is 41.5 Å². The molecule has 1 fully saturated rings. The number of amides is 2. The molecule has 0 bridgehead atoms. The molecule has 4 aromatic rings. The largest absolute Gasteiger partial charge is 0.367 e. The average molecular weight is 541 g/mol. The molecule has 8 heteroatoms. The number of rotatable bonds is 7. The number of sulfone groups is 1. The predicted octanol–water partition coefficient (Wildman–Crippen LogP) is 5.22. The maximum atomic E-state index is 12.7. The maximum absolute atomic E-state index is 12.7. The van der Waals surface area contributed by atoms with Crippen LogP contribution in [-0.2, 0) is 9.84 Å². The van der Waals surface area contributed by atoms with E-state index in [1.54, 1.807) is 30.3 Å². The lowest BCUT2D eigenvalue weighted by molar-refractivity contribution is 0.212. The molecule has 2 N–H and O–H groups in total. The molecule has 1 aliphatic heterocycles. The van der Waals surface area contributed by atoms with Crippen molar-refractivity contribution in [3.8, 4) is 0 Å². The summed E-state index contributed by atoms with van der Waals surface area (Å²) in [5.74, 6) is 0. The third-order valence-electron chi connectivity index (χ3n) is 7.10. The van der Waals surface area contributed by atoms with Crippen LogP contribution < -0.4 is 15.5 Å². The van der Waals surface area contributed by atoms with E-state index < -0.39 is 15.9 Å². The van der Waals surface area contributed by atoms with Crippen molar-refractivity contribution in [3.63, 3.8) is 0 Å². The van der Waals surface area contributed by atoms with Crippen LogP contribution in [0.1, 0.15) is 17.2 Å². The van der Waals surface area contributed by atoms with Gasteiger partial charge < -0.3 is 10.6 Å². The molecule has 1 aliphatic rings. The third kappa shape index (κ3) is 5.82. The molecule has 0 atom stereocenters. The van der Waals surface area contributed by atoms with E-state index in [0.717, 1.165) is 25.0 Å². The molecule has 0 spiro atoms. The number of nitrogens with two attached hydrogens (primary N) is 1. The lowest BCUT2D eigenvalue weighted by Crippen LogP contribution is -2.48. The molecule has 0 aliphatic carbocycles. The average Bonchev–Trinajstić information content (AvgIpc) is 2.95. The fourth-order valence-electron chi connectivity index (χ4n) is 5.25. The van der Waals surface area contributed by atoms with Crippen molar-refractivity contribution in [3.05, 3.63) is 120 Å². The Morgan fingerprint density at radius 1 is 0.769 bits per heavy atom. The van der Waals surface area contributed by atoms with Gasteiger partial charge in [0.1, 0.15) is 0 Å². The van der Waals surface area contributed by atoms with Gasteiger partial charge in [-0.15, -0.1) is 0 Å². The summed E-state index contributed by atoms with van der Waals surface area (Å²) in [5, 5.41) is 0. The van der Waals surface area contributed by atoms with Gasteiger partial charge in [-0.1, -0.05) is 78.9 Å². The quantitative estimate of drug-likeness (QED) is 0.347. The predicted molar refractivity (Wildman–Crippen MR) is 156 cm³/mol. The van der Waals surface area contributed by atoms with Gasteiger partial charge in [-0.3, -0.25) is 9.80 Å². The van der Waals surface area contributed by atoms with E-state index in [2.05, 4.69) is 58.3 Å².